The second kappa shape index (κ2) is 8.43. The lowest BCUT2D eigenvalue weighted by atomic mass is 10.0. The van der Waals surface area contributed by atoms with Crippen LogP contribution in [0.2, 0.25) is 0 Å². The molecule has 0 radical (unpaired) electrons. The summed E-state index contributed by atoms with van der Waals surface area (Å²) in [4.78, 5) is 19.3. The highest BCUT2D eigenvalue weighted by atomic mass is 32.1. The lowest BCUT2D eigenvalue weighted by molar-refractivity contribution is 0.0605. The third-order valence-electron chi connectivity index (χ3n) is 4.95. The predicted octanol–water partition coefficient (Wildman–Crippen LogP) is 3.73. The number of aryl methyl sites for hydroxylation is 2. The molecule has 1 aliphatic rings. The van der Waals surface area contributed by atoms with Crippen molar-refractivity contribution in [2.45, 2.75) is 44.7 Å². The number of aromatic nitrogens is 4. The van der Waals surface area contributed by atoms with Crippen LogP contribution >= 0.6 is 11.3 Å². The quantitative estimate of drug-likeness (QED) is 0.653. The Morgan fingerprint density at radius 1 is 1.22 bits per heavy atom. The number of hydrogen-bond donors (Lipinski definition) is 0. The van der Waals surface area contributed by atoms with Crippen LogP contribution in [0, 0.1) is 0 Å². The number of benzene rings is 1. The van der Waals surface area contributed by atoms with Gasteiger partial charge >= 0.3 is 0 Å². The van der Waals surface area contributed by atoms with Crippen molar-refractivity contribution >= 4 is 17.2 Å². The molecule has 3 heterocycles. The first-order chi connectivity index (χ1) is 13.3. The Morgan fingerprint density at radius 2 is 2.11 bits per heavy atom. The van der Waals surface area contributed by atoms with Crippen molar-refractivity contribution in [2.75, 3.05) is 6.54 Å². The van der Waals surface area contributed by atoms with Gasteiger partial charge in [0.05, 0.1) is 12.2 Å². The van der Waals surface area contributed by atoms with E-state index in [4.69, 9.17) is 0 Å². The zero-order chi connectivity index (χ0) is 18.5. The van der Waals surface area contributed by atoms with Gasteiger partial charge in [-0.25, -0.2) is 4.98 Å². The summed E-state index contributed by atoms with van der Waals surface area (Å²) in [5.41, 5.74) is 1.74. The number of likely N-dealkylation sites (tertiary alicyclic amines) is 1. The normalized spacial score (nSPS) is 17.2. The first kappa shape index (κ1) is 17.9. The third-order valence-corrected chi connectivity index (χ3v) is 5.83. The Kier molecular flexibility index (Phi) is 5.58. The molecular formula is C20H23N5OS. The van der Waals surface area contributed by atoms with Crippen LogP contribution in [0.3, 0.4) is 0 Å². The fourth-order valence-electron chi connectivity index (χ4n) is 3.57. The van der Waals surface area contributed by atoms with Crippen LogP contribution in [0.5, 0.6) is 0 Å². The van der Waals surface area contributed by atoms with E-state index in [1.54, 1.807) is 28.4 Å². The molecule has 1 amide bonds. The molecule has 0 spiro atoms. The highest BCUT2D eigenvalue weighted by molar-refractivity contribution is 7.09. The number of carbonyl (C=O) groups excluding carboxylic acids is 1. The zero-order valence-corrected chi connectivity index (χ0v) is 16.0. The first-order valence-corrected chi connectivity index (χ1v) is 10.3. The van der Waals surface area contributed by atoms with Crippen molar-refractivity contribution in [3.05, 3.63) is 64.4 Å². The number of thiazole rings is 1. The summed E-state index contributed by atoms with van der Waals surface area (Å²) in [7, 11) is 0. The molecule has 6 nitrogen and oxygen atoms in total. The van der Waals surface area contributed by atoms with Gasteiger partial charge in [0.1, 0.15) is 5.01 Å². The topological polar surface area (TPSA) is 63.9 Å². The van der Waals surface area contributed by atoms with Crippen molar-refractivity contribution in [1.29, 1.82) is 0 Å². The highest BCUT2D eigenvalue weighted by Gasteiger charge is 2.31. The van der Waals surface area contributed by atoms with Gasteiger partial charge in [0, 0.05) is 24.7 Å². The van der Waals surface area contributed by atoms with Gasteiger partial charge in [0.2, 0.25) is 0 Å². The average Bonchev–Trinajstić information content (AvgIpc) is 3.41. The molecule has 0 N–H and O–H groups in total. The van der Waals surface area contributed by atoms with E-state index in [9.17, 15) is 4.79 Å². The van der Waals surface area contributed by atoms with E-state index in [1.165, 1.54) is 5.56 Å². The van der Waals surface area contributed by atoms with Crippen LogP contribution in [0.4, 0.5) is 0 Å². The molecule has 1 aromatic carbocycles. The lowest BCUT2D eigenvalue weighted by Crippen LogP contribution is -2.38. The lowest BCUT2D eigenvalue weighted by Gasteiger charge is -2.33. The fourth-order valence-corrected chi connectivity index (χ4v) is 4.36. The van der Waals surface area contributed by atoms with E-state index >= 15 is 0 Å². The molecule has 1 saturated heterocycles. The molecule has 0 aliphatic carbocycles. The SMILES string of the molecule is O=C(c1cn(CCCc2ccccc2)nn1)N1CCCC[C@H]1c1nccs1. The number of carbonyl (C=O) groups is 1. The van der Waals surface area contributed by atoms with E-state index in [-0.39, 0.29) is 11.9 Å². The summed E-state index contributed by atoms with van der Waals surface area (Å²) in [6, 6.07) is 10.5. The van der Waals surface area contributed by atoms with E-state index < -0.39 is 0 Å². The molecule has 27 heavy (non-hydrogen) atoms. The summed E-state index contributed by atoms with van der Waals surface area (Å²) in [6.45, 7) is 1.51. The van der Waals surface area contributed by atoms with Crippen molar-refractivity contribution < 1.29 is 4.79 Å². The Bertz CT molecular complexity index is 862. The molecule has 7 heteroatoms. The van der Waals surface area contributed by atoms with Gasteiger partial charge in [-0.05, 0) is 37.7 Å². The van der Waals surface area contributed by atoms with Crippen molar-refractivity contribution in [3.63, 3.8) is 0 Å². The third kappa shape index (κ3) is 4.24. The van der Waals surface area contributed by atoms with Crippen LogP contribution < -0.4 is 0 Å². The number of rotatable bonds is 6. The Morgan fingerprint density at radius 3 is 2.93 bits per heavy atom. The fraction of sp³-hybridized carbons (Fsp3) is 0.400. The van der Waals surface area contributed by atoms with E-state index in [1.807, 2.05) is 16.3 Å². The van der Waals surface area contributed by atoms with Gasteiger partial charge in [-0.3, -0.25) is 9.48 Å². The Balaban J connectivity index is 1.39. The molecule has 0 unspecified atom stereocenters. The molecule has 0 bridgehead atoms. The zero-order valence-electron chi connectivity index (χ0n) is 15.2. The van der Waals surface area contributed by atoms with Crippen LogP contribution in [0.25, 0.3) is 0 Å². The molecule has 0 saturated carbocycles. The molecule has 3 aromatic rings. The second-order valence-electron chi connectivity index (χ2n) is 6.84. The van der Waals surface area contributed by atoms with Gasteiger partial charge in [-0.2, -0.15) is 0 Å². The van der Waals surface area contributed by atoms with E-state index in [0.29, 0.717) is 5.69 Å². The van der Waals surface area contributed by atoms with Crippen LogP contribution in [-0.2, 0) is 13.0 Å². The number of piperidine rings is 1. The second-order valence-corrected chi connectivity index (χ2v) is 7.76. The summed E-state index contributed by atoms with van der Waals surface area (Å²) in [6.07, 6.45) is 8.65. The Hall–Kier alpha value is -2.54. The van der Waals surface area contributed by atoms with Crippen LogP contribution in [0.1, 0.15) is 52.8 Å². The highest BCUT2D eigenvalue weighted by Crippen LogP contribution is 2.32. The maximum Gasteiger partial charge on any atom is 0.276 e. The number of amides is 1. The monoisotopic (exact) mass is 381 g/mol. The molecule has 140 valence electrons. The molecule has 1 fully saturated rings. The first-order valence-electron chi connectivity index (χ1n) is 9.45. The van der Waals surface area contributed by atoms with Gasteiger partial charge < -0.3 is 4.90 Å². The van der Waals surface area contributed by atoms with Crippen LogP contribution in [-0.4, -0.2) is 37.3 Å². The maximum atomic E-state index is 13.0. The van der Waals surface area contributed by atoms with E-state index in [2.05, 4.69) is 39.6 Å². The van der Waals surface area contributed by atoms with Crippen molar-refractivity contribution in [2.24, 2.45) is 0 Å². The summed E-state index contributed by atoms with van der Waals surface area (Å²) in [5.74, 6) is -0.0378. The molecule has 1 aliphatic heterocycles. The standard InChI is InChI=1S/C20H23N5OS/c26-20(25-13-5-4-10-18(25)19-21-11-14-27-19)17-15-24(23-22-17)12-6-9-16-7-2-1-3-8-16/h1-3,7-8,11,14-15,18H,4-6,9-10,12-13H2/t18-/m0/s1. The molecule has 4 rings (SSSR count). The van der Waals surface area contributed by atoms with Crippen molar-refractivity contribution in [3.8, 4) is 0 Å². The predicted molar refractivity (Wildman–Crippen MR) is 105 cm³/mol. The van der Waals surface area contributed by atoms with Crippen molar-refractivity contribution in [1.82, 2.24) is 24.9 Å². The molecular weight excluding hydrogens is 358 g/mol. The summed E-state index contributed by atoms with van der Waals surface area (Å²) < 4.78 is 1.78. The average molecular weight is 382 g/mol. The smallest absolute Gasteiger partial charge is 0.276 e. The van der Waals surface area contributed by atoms with E-state index in [0.717, 1.165) is 50.2 Å². The van der Waals surface area contributed by atoms with Gasteiger partial charge in [0.25, 0.3) is 5.91 Å². The van der Waals surface area contributed by atoms with Gasteiger partial charge in [0.15, 0.2) is 5.69 Å². The van der Waals surface area contributed by atoms with Crippen LogP contribution in [0.15, 0.2) is 48.1 Å². The number of hydrogen-bond acceptors (Lipinski definition) is 5. The minimum atomic E-state index is -0.0378. The minimum absolute atomic E-state index is 0.0378. The summed E-state index contributed by atoms with van der Waals surface area (Å²) >= 11 is 1.61. The largest absolute Gasteiger partial charge is 0.328 e. The minimum Gasteiger partial charge on any atom is -0.328 e. The number of nitrogens with zero attached hydrogens (tertiary/aromatic N) is 5. The maximum absolute atomic E-state index is 13.0. The van der Waals surface area contributed by atoms with Gasteiger partial charge in [-0.15, -0.1) is 16.4 Å². The Labute approximate surface area is 162 Å². The molecule has 1 atom stereocenters. The summed E-state index contributed by atoms with van der Waals surface area (Å²) in [5, 5.41) is 11.3. The van der Waals surface area contributed by atoms with Gasteiger partial charge in [-0.1, -0.05) is 35.5 Å². The molecule has 2 aromatic heterocycles.